The molecule has 3 heteroatoms. The highest BCUT2D eigenvalue weighted by Gasteiger charge is 2.60. The Morgan fingerprint density at radius 3 is 2.85 bits per heavy atom. The maximum absolute atomic E-state index is 12.4. The Labute approximate surface area is 118 Å². The maximum atomic E-state index is 12.4. The van der Waals surface area contributed by atoms with E-state index in [9.17, 15) is 9.90 Å². The van der Waals surface area contributed by atoms with E-state index < -0.39 is 5.72 Å². The van der Waals surface area contributed by atoms with Crippen molar-refractivity contribution in [2.24, 2.45) is 11.8 Å². The summed E-state index contributed by atoms with van der Waals surface area (Å²) >= 11 is 0. The third-order valence-electron chi connectivity index (χ3n) is 5.26. The molecule has 2 heterocycles. The van der Waals surface area contributed by atoms with Crippen LogP contribution >= 0.6 is 0 Å². The normalized spacial score (nSPS) is 39.0. The van der Waals surface area contributed by atoms with E-state index in [0.717, 1.165) is 24.8 Å². The molecule has 1 amide bonds. The molecule has 3 aliphatic rings. The second-order valence-electron chi connectivity index (χ2n) is 6.21. The number of hydrogen-bond donors (Lipinski definition) is 1. The van der Waals surface area contributed by atoms with Crippen molar-refractivity contribution in [3.8, 4) is 0 Å². The number of allylic oxidation sites excluding steroid dienone is 1. The van der Waals surface area contributed by atoms with Gasteiger partial charge >= 0.3 is 0 Å². The molecule has 1 unspecified atom stereocenters. The molecule has 20 heavy (non-hydrogen) atoms. The van der Waals surface area contributed by atoms with Gasteiger partial charge in [0.25, 0.3) is 0 Å². The van der Waals surface area contributed by atoms with Crippen LogP contribution in [0.1, 0.15) is 37.3 Å². The minimum absolute atomic E-state index is 0.0291. The zero-order valence-electron chi connectivity index (χ0n) is 11.4. The molecule has 1 aliphatic carbocycles. The average Bonchev–Trinajstić information content (AvgIpc) is 2.78. The van der Waals surface area contributed by atoms with Gasteiger partial charge in [0.15, 0.2) is 0 Å². The van der Waals surface area contributed by atoms with Crippen molar-refractivity contribution in [2.45, 2.75) is 37.5 Å². The van der Waals surface area contributed by atoms with Crippen LogP contribution in [0.2, 0.25) is 0 Å². The summed E-state index contributed by atoms with van der Waals surface area (Å²) in [6.45, 7) is 0. The number of carbonyl (C=O) groups is 1. The van der Waals surface area contributed by atoms with E-state index in [4.69, 9.17) is 0 Å². The number of rotatable bonds is 1. The fourth-order valence-corrected chi connectivity index (χ4v) is 4.34. The number of carbonyl (C=O) groups excluding carboxylic acids is 1. The molecule has 3 nitrogen and oxygen atoms in total. The predicted octanol–water partition coefficient (Wildman–Crippen LogP) is 2.63. The van der Waals surface area contributed by atoms with E-state index in [1.165, 1.54) is 0 Å². The van der Waals surface area contributed by atoms with Crippen molar-refractivity contribution in [1.82, 2.24) is 4.90 Å². The first kappa shape index (κ1) is 12.2. The first-order chi connectivity index (χ1) is 9.71. The van der Waals surface area contributed by atoms with E-state index in [1.807, 2.05) is 18.2 Å². The number of piperidine rings is 1. The number of benzene rings is 1. The van der Waals surface area contributed by atoms with Gasteiger partial charge in [-0.1, -0.05) is 42.5 Å². The number of nitrogens with zero attached hydrogens (tertiary/aromatic N) is 1. The quantitative estimate of drug-likeness (QED) is 0.796. The standard InChI is InChI=1S/C17H19NO2/c19-16-10-9-13-7-4-8-14-11-15(18(16)17(13,14)20)12-5-2-1-3-6-12/h1-7,13-15,20H,8-11H2/t13-,14?,15+,17-/m1/s1. The van der Waals surface area contributed by atoms with Crippen LogP contribution in [0.3, 0.4) is 0 Å². The molecule has 0 bridgehead atoms. The molecule has 1 N–H and O–H groups in total. The zero-order chi connectivity index (χ0) is 13.7. The van der Waals surface area contributed by atoms with Crippen molar-refractivity contribution in [1.29, 1.82) is 0 Å². The molecule has 0 aromatic heterocycles. The molecule has 104 valence electrons. The molecule has 1 aromatic carbocycles. The maximum Gasteiger partial charge on any atom is 0.225 e. The summed E-state index contributed by atoms with van der Waals surface area (Å²) in [4.78, 5) is 14.2. The van der Waals surface area contributed by atoms with Crippen LogP contribution in [0.15, 0.2) is 42.5 Å². The van der Waals surface area contributed by atoms with E-state index in [1.54, 1.807) is 4.90 Å². The van der Waals surface area contributed by atoms with Gasteiger partial charge in [-0.25, -0.2) is 0 Å². The van der Waals surface area contributed by atoms with Crippen molar-refractivity contribution < 1.29 is 9.90 Å². The van der Waals surface area contributed by atoms with Crippen LogP contribution in [0, 0.1) is 11.8 Å². The van der Waals surface area contributed by atoms with E-state index >= 15 is 0 Å². The fourth-order valence-electron chi connectivity index (χ4n) is 4.34. The van der Waals surface area contributed by atoms with Gasteiger partial charge < -0.3 is 10.0 Å². The molecular weight excluding hydrogens is 250 g/mol. The molecule has 2 fully saturated rings. The Bertz CT molecular complexity index is 568. The van der Waals surface area contributed by atoms with Gasteiger partial charge in [-0.05, 0) is 24.8 Å². The summed E-state index contributed by atoms with van der Waals surface area (Å²) in [5.41, 5.74) is 0.189. The molecule has 1 aromatic rings. The summed E-state index contributed by atoms with van der Waals surface area (Å²) in [5.74, 6) is 0.384. The van der Waals surface area contributed by atoms with Gasteiger partial charge in [-0.15, -0.1) is 0 Å². The van der Waals surface area contributed by atoms with Crippen LogP contribution in [0.5, 0.6) is 0 Å². The average molecular weight is 269 g/mol. The third kappa shape index (κ3) is 1.47. The minimum atomic E-state index is -0.954. The summed E-state index contributed by atoms with van der Waals surface area (Å²) in [6, 6.07) is 10.2. The van der Waals surface area contributed by atoms with Gasteiger partial charge in [0.05, 0.1) is 6.04 Å². The van der Waals surface area contributed by atoms with Crippen molar-refractivity contribution in [3.63, 3.8) is 0 Å². The van der Waals surface area contributed by atoms with Gasteiger partial charge in [-0.3, -0.25) is 4.79 Å². The lowest BCUT2D eigenvalue weighted by molar-refractivity contribution is -0.188. The van der Waals surface area contributed by atoms with Crippen LogP contribution < -0.4 is 0 Å². The van der Waals surface area contributed by atoms with E-state index in [2.05, 4.69) is 24.3 Å². The molecular formula is C17H19NO2. The lowest BCUT2D eigenvalue weighted by atomic mass is 9.74. The Morgan fingerprint density at radius 2 is 2.05 bits per heavy atom. The lowest BCUT2D eigenvalue weighted by Crippen LogP contribution is -2.59. The summed E-state index contributed by atoms with van der Waals surface area (Å²) < 4.78 is 0. The summed E-state index contributed by atoms with van der Waals surface area (Å²) in [6.07, 6.45) is 7.37. The molecule has 0 spiro atoms. The largest absolute Gasteiger partial charge is 0.370 e. The number of amides is 1. The number of hydrogen-bond acceptors (Lipinski definition) is 2. The fraction of sp³-hybridized carbons (Fsp3) is 0.471. The highest BCUT2D eigenvalue weighted by molar-refractivity contribution is 5.79. The van der Waals surface area contributed by atoms with Crippen molar-refractivity contribution >= 4 is 5.91 Å². The first-order valence-electron chi connectivity index (χ1n) is 7.47. The Morgan fingerprint density at radius 1 is 1.25 bits per heavy atom. The number of aliphatic hydroxyl groups is 1. The summed E-state index contributed by atoms with van der Waals surface area (Å²) in [5, 5.41) is 11.2. The van der Waals surface area contributed by atoms with Crippen LogP contribution in [0.4, 0.5) is 0 Å². The van der Waals surface area contributed by atoms with Gasteiger partial charge in [-0.2, -0.15) is 0 Å². The van der Waals surface area contributed by atoms with E-state index in [0.29, 0.717) is 6.42 Å². The van der Waals surface area contributed by atoms with Gasteiger partial charge in [0, 0.05) is 18.3 Å². The van der Waals surface area contributed by atoms with E-state index in [-0.39, 0.29) is 23.8 Å². The molecule has 0 saturated carbocycles. The van der Waals surface area contributed by atoms with Gasteiger partial charge in [0.2, 0.25) is 5.91 Å². The molecule has 0 radical (unpaired) electrons. The van der Waals surface area contributed by atoms with Crippen molar-refractivity contribution in [3.05, 3.63) is 48.0 Å². The van der Waals surface area contributed by atoms with Crippen molar-refractivity contribution in [2.75, 3.05) is 0 Å². The SMILES string of the molecule is O=C1CC[C@H]2C=CCC3C[C@@H](c4ccccc4)N1[C@]32O. The van der Waals surface area contributed by atoms with Crippen LogP contribution in [0.25, 0.3) is 0 Å². The van der Waals surface area contributed by atoms with Gasteiger partial charge in [0.1, 0.15) is 5.72 Å². The lowest BCUT2D eigenvalue weighted by Gasteiger charge is -2.48. The monoisotopic (exact) mass is 269 g/mol. The minimum Gasteiger partial charge on any atom is -0.370 e. The molecule has 2 saturated heterocycles. The first-order valence-corrected chi connectivity index (χ1v) is 7.47. The highest BCUT2D eigenvalue weighted by Crippen LogP contribution is 2.55. The van der Waals surface area contributed by atoms with Crippen LogP contribution in [-0.2, 0) is 4.79 Å². The Balaban J connectivity index is 1.80. The molecule has 2 aliphatic heterocycles. The smallest absolute Gasteiger partial charge is 0.225 e. The topological polar surface area (TPSA) is 40.5 Å². The third-order valence-corrected chi connectivity index (χ3v) is 5.26. The highest BCUT2D eigenvalue weighted by atomic mass is 16.3. The second kappa shape index (κ2) is 4.19. The molecule has 4 atom stereocenters. The summed E-state index contributed by atoms with van der Waals surface area (Å²) in [7, 11) is 0. The Hall–Kier alpha value is -1.61. The molecule has 4 rings (SSSR count). The Kier molecular flexibility index (Phi) is 2.55. The van der Waals surface area contributed by atoms with Crippen LogP contribution in [-0.4, -0.2) is 21.6 Å². The zero-order valence-corrected chi connectivity index (χ0v) is 11.4. The second-order valence-corrected chi connectivity index (χ2v) is 6.21. The predicted molar refractivity (Wildman–Crippen MR) is 75.6 cm³/mol.